The lowest BCUT2D eigenvalue weighted by atomic mass is 10.0. The summed E-state index contributed by atoms with van der Waals surface area (Å²) < 4.78 is 0. The third-order valence-corrected chi connectivity index (χ3v) is 2.34. The maximum Gasteiger partial charge on any atom is 0.0428 e. The smallest absolute Gasteiger partial charge is 0.0428 e. The summed E-state index contributed by atoms with van der Waals surface area (Å²) in [6.45, 7) is 0. The molecule has 0 bridgehead atoms. The fourth-order valence-corrected chi connectivity index (χ4v) is 1.49. The van der Waals surface area contributed by atoms with Gasteiger partial charge in [0, 0.05) is 16.8 Å². The highest BCUT2D eigenvalue weighted by Crippen LogP contribution is 2.14. The predicted octanol–water partition coefficient (Wildman–Crippen LogP) is 2.60. The monoisotopic (exact) mass is 195 g/mol. The summed E-state index contributed by atoms with van der Waals surface area (Å²) in [7, 11) is 0. The minimum absolute atomic E-state index is 0.810. The Morgan fingerprint density at radius 2 is 1.87 bits per heavy atom. The van der Waals surface area contributed by atoms with Crippen LogP contribution in [0.15, 0.2) is 53.8 Å². The van der Waals surface area contributed by atoms with Crippen LogP contribution in [-0.4, -0.2) is 0 Å². The van der Waals surface area contributed by atoms with E-state index in [0.717, 1.165) is 29.7 Å². The van der Waals surface area contributed by atoms with Gasteiger partial charge in [-0.2, -0.15) is 0 Å². The Hall–Kier alpha value is -1.94. The van der Waals surface area contributed by atoms with Gasteiger partial charge in [-0.25, -0.2) is 0 Å². The van der Waals surface area contributed by atoms with Crippen LogP contribution in [0.1, 0.15) is 18.4 Å². The van der Waals surface area contributed by atoms with Crippen molar-refractivity contribution in [2.24, 2.45) is 5.73 Å². The van der Waals surface area contributed by atoms with Crippen LogP contribution in [0.2, 0.25) is 0 Å². The molecule has 1 nitrogen and oxygen atoms in total. The van der Waals surface area contributed by atoms with Crippen molar-refractivity contribution >= 4 is 0 Å². The Bertz CT molecular complexity index is 455. The maximum atomic E-state index is 5.83. The van der Waals surface area contributed by atoms with Crippen LogP contribution in [0.5, 0.6) is 0 Å². The minimum Gasteiger partial charge on any atom is -0.398 e. The lowest BCUT2D eigenvalue weighted by molar-refractivity contribution is 0.972. The van der Waals surface area contributed by atoms with Crippen LogP contribution >= 0.6 is 0 Å². The molecule has 0 spiro atoms. The third kappa shape index (κ3) is 2.51. The molecule has 0 fully saturated rings. The van der Waals surface area contributed by atoms with Gasteiger partial charge in [0.05, 0.1) is 0 Å². The average Bonchev–Trinajstić information content (AvgIpc) is 2.29. The van der Waals surface area contributed by atoms with Crippen LogP contribution in [0, 0.1) is 11.8 Å². The van der Waals surface area contributed by atoms with Gasteiger partial charge in [0.1, 0.15) is 0 Å². The van der Waals surface area contributed by atoms with Gasteiger partial charge in [0.2, 0.25) is 0 Å². The Morgan fingerprint density at radius 1 is 1.07 bits per heavy atom. The van der Waals surface area contributed by atoms with Gasteiger partial charge in [0.15, 0.2) is 0 Å². The van der Waals surface area contributed by atoms with Crippen molar-refractivity contribution in [3.05, 3.63) is 59.3 Å². The molecule has 0 aromatic heterocycles. The summed E-state index contributed by atoms with van der Waals surface area (Å²) >= 11 is 0. The molecule has 0 heterocycles. The van der Waals surface area contributed by atoms with Crippen LogP contribution in [0.25, 0.3) is 0 Å². The summed E-state index contributed by atoms with van der Waals surface area (Å²) in [6, 6.07) is 9.97. The molecule has 0 unspecified atom stereocenters. The fraction of sp³-hybridized carbons (Fsp3) is 0.143. The fourth-order valence-electron chi connectivity index (χ4n) is 1.49. The molecule has 1 heteroatoms. The van der Waals surface area contributed by atoms with E-state index in [-0.39, 0.29) is 0 Å². The van der Waals surface area contributed by atoms with Gasteiger partial charge in [-0.05, 0) is 31.1 Å². The number of hydrogen-bond acceptors (Lipinski definition) is 1. The summed E-state index contributed by atoms with van der Waals surface area (Å²) in [5.74, 6) is 6.26. The molecule has 2 N–H and O–H groups in total. The van der Waals surface area contributed by atoms with Gasteiger partial charge < -0.3 is 5.73 Å². The van der Waals surface area contributed by atoms with E-state index in [1.54, 1.807) is 0 Å². The van der Waals surface area contributed by atoms with Gasteiger partial charge in [-0.3, -0.25) is 0 Å². The number of rotatable bonds is 0. The van der Waals surface area contributed by atoms with Crippen molar-refractivity contribution in [1.29, 1.82) is 0 Å². The largest absolute Gasteiger partial charge is 0.398 e. The maximum absolute atomic E-state index is 5.83. The first-order chi connectivity index (χ1) is 7.36. The zero-order valence-electron chi connectivity index (χ0n) is 8.53. The molecule has 0 saturated carbocycles. The highest BCUT2D eigenvalue weighted by atomic mass is 14.6. The van der Waals surface area contributed by atoms with E-state index >= 15 is 0 Å². The van der Waals surface area contributed by atoms with Crippen molar-refractivity contribution in [3.8, 4) is 11.8 Å². The molecule has 2 rings (SSSR count). The first-order valence-electron chi connectivity index (χ1n) is 5.08. The molecular weight excluding hydrogens is 182 g/mol. The molecule has 0 amide bonds. The summed E-state index contributed by atoms with van der Waals surface area (Å²) in [5.41, 5.74) is 8.73. The molecule has 15 heavy (non-hydrogen) atoms. The van der Waals surface area contributed by atoms with E-state index in [4.69, 9.17) is 5.73 Å². The highest BCUT2D eigenvalue weighted by Gasteiger charge is 2.01. The Kier molecular flexibility index (Phi) is 2.90. The molecule has 0 radical (unpaired) electrons. The number of hydrogen-bond donors (Lipinski definition) is 1. The predicted molar refractivity (Wildman–Crippen MR) is 62.9 cm³/mol. The van der Waals surface area contributed by atoms with E-state index in [1.807, 2.05) is 36.4 Å². The van der Waals surface area contributed by atoms with Crippen molar-refractivity contribution in [1.82, 2.24) is 0 Å². The second-order valence-electron chi connectivity index (χ2n) is 3.49. The van der Waals surface area contributed by atoms with Crippen molar-refractivity contribution in [2.45, 2.75) is 12.8 Å². The lowest BCUT2D eigenvalue weighted by Gasteiger charge is -2.05. The zero-order valence-corrected chi connectivity index (χ0v) is 8.53. The standard InChI is InChI=1S/C14H13N/c15-14-9-5-4-8-13(14)11-10-12-6-2-1-3-7-12/h1-3,5-7,9H,4,8,15H2. The topological polar surface area (TPSA) is 26.0 Å². The lowest BCUT2D eigenvalue weighted by Crippen LogP contribution is -2.01. The van der Waals surface area contributed by atoms with E-state index in [2.05, 4.69) is 17.9 Å². The molecular formula is C14H13N. The normalized spacial score (nSPS) is 14.7. The van der Waals surface area contributed by atoms with Crippen LogP contribution < -0.4 is 5.73 Å². The number of benzene rings is 1. The van der Waals surface area contributed by atoms with Crippen LogP contribution in [0.3, 0.4) is 0 Å². The second kappa shape index (κ2) is 4.52. The van der Waals surface area contributed by atoms with Gasteiger partial charge >= 0.3 is 0 Å². The minimum atomic E-state index is 0.810. The van der Waals surface area contributed by atoms with Crippen molar-refractivity contribution in [3.63, 3.8) is 0 Å². The number of nitrogens with two attached hydrogens (primary N) is 1. The Morgan fingerprint density at radius 3 is 2.60 bits per heavy atom. The molecule has 1 aliphatic carbocycles. The highest BCUT2D eigenvalue weighted by molar-refractivity contribution is 5.45. The molecule has 0 atom stereocenters. The SMILES string of the molecule is NC1=C(C#Cc2ccccc2)CCC=C1. The molecule has 0 aliphatic heterocycles. The van der Waals surface area contributed by atoms with Crippen molar-refractivity contribution < 1.29 is 0 Å². The zero-order chi connectivity index (χ0) is 10.5. The van der Waals surface area contributed by atoms with E-state index in [1.165, 1.54) is 0 Å². The third-order valence-electron chi connectivity index (χ3n) is 2.34. The second-order valence-corrected chi connectivity index (χ2v) is 3.49. The van der Waals surface area contributed by atoms with E-state index < -0.39 is 0 Å². The Labute approximate surface area is 90.3 Å². The van der Waals surface area contributed by atoms with Gasteiger partial charge in [-0.15, -0.1) is 0 Å². The molecule has 1 aromatic rings. The summed E-state index contributed by atoms with van der Waals surface area (Å²) in [4.78, 5) is 0. The molecule has 0 saturated heterocycles. The summed E-state index contributed by atoms with van der Waals surface area (Å²) in [5, 5.41) is 0. The first kappa shape index (κ1) is 9.61. The molecule has 1 aliphatic rings. The van der Waals surface area contributed by atoms with Gasteiger partial charge in [0.25, 0.3) is 0 Å². The number of allylic oxidation sites excluding steroid dienone is 3. The molecule has 74 valence electrons. The quantitative estimate of drug-likeness (QED) is 0.633. The summed E-state index contributed by atoms with van der Waals surface area (Å²) in [6.07, 6.45) is 6.03. The average molecular weight is 195 g/mol. The van der Waals surface area contributed by atoms with E-state index in [9.17, 15) is 0 Å². The van der Waals surface area contributed by atoms with E-state index in [0.29, 0.717) is 0 Å². The van der Waals surface area contributed by atoms with Crippen molar-refractivity contribution in [2.75, 3.05) is 0 Å². The van der Waals surface area contributed by atoms with Crippen LogP contribution in [-0.2, 0) is 0 Å². The Balaban J connectivity index is 2.22. The van der Waals surface area contributed by atoms with Gasteiger partial charge in [-0.1, -0.05) is 36.1 Å². The first-order valence-corrected chi connectivity index (χ1v) is 5.08. The molecule has 1 aromatic carbocycles. The van der Waals surface area contributed by atoms with Crippen LogP contribution in [0.4, 0.5) is 0 Å².